The molecule has 1 saturated heterocycles. The van der Waals surface area contributed by atoms with Crippen LogP contribution in [-0.4, -0.2) is 66.8 Å². The lowest BCUT2D eigenvalue weighted by Gasteiger charge is -2.30. The number of carbonyl (C=O) groups excluding carboxylic acids is 1. The SMILES string of the molecule is CN(CCCOc1ccc(F)cc1)C(=O)CN1CCC(O)CC1. The normalized spacial score (nSPS) is 16.3. The lowest BCUT2D eigenvalue weighted by molar-refractivity contribution is -0.131. The van der Waals surface area contributed by atoms with Gasteiger partial charge in [-0.15, -0.1) is 0 Å². The van der Waals surface area contributed by atoms with Crippen LogP contribution in [0.1, 0.15) is 19.3 Å². The summed E-state index contributed by atoms with van der Waals surface area (Å²) in [6, 6.07) is 5.91. The molecule has 0 unspecified atom stereocenters. The number of aliphatic hydroxyl groups excluding tert-OH is 1. The van der Waals surface area contributed by atoms with Gasteiger partial charge in [0.2, 0.25) is 5.91 Å². The van der Waals surface area contributed by atoms with Crippen molar-refractivity contribution in [1.29, 1.82) is 0 Å². The first kappa shape index (κ1) is 17.7. The second kappa shape index (κ2) is 8.84. The molecule has 1 amide bonds. The maximum atomic E-state index is 12.8. The third-order valence-corrected chi connectivity index (χ3v) is 4.06. The minimum absolute atomic E-state index is 0.0863. The number of likely N-dealkylation sites (tertiary alicyclic amines) is 1. The fourth-order valence-corrected chi connectivity index (χ4v) is 2.54. The van der Waals surface area contributed by atoms with Gasteiger partial charge in [-0.1, -0.05) is 0 Å². The number of halogens is 1. The van der Waals surface area contributed by atoms with Crippen LogP contribution in [-0.2, 0) is 4.79 Å². The molecule has 2 rings (SSSR count). The van der Waals surface area contributed by atoms with Crippen LogP contribution >= 0.6 is 0 Å². The highest BCUT2D eigenvalue weighted by molar-refractivity contribution is 5.77. The molecule has 0 bridgehead atoms. The van der Waals surface area contributed by atoms with Gasteiger partial charge in [-0.05, 0) is 43.5 Å². The second-order valence-corrected chi connectivity index (χ2v) is 5.98. The van der Waals surface area contributed by atoms with E-state index in [0.29, 0.717) is 25.4 Å². The molecule has 1 heterocycles. The maximum Gasteiger partial charge on any atom is 0.236 e. The van der Waals surface area contributed by atoms with Gasteiger partial charge in [-0.3, -0.25) is 9.69 Å². The monoisotopic (exact) mass is 324 g/mol. The Bertz CT molecular complexity index is 487. The second-order valence-electron chi connectivity index (χ2n) is 5.98. The number of carbonyl (C=O) groups is 1. The average Bonchev–Trinajstić information content (AvgIpc) is 2.55. The van der Waals surface area contributed by atoms with Crippen molar-refractivity contribution in [3.8, 4) is 5.75 Å². The molecule has 1 aromatic rings. The molecule has 0 spiro atoms. The summed E-state index contributed by atoms with van der Waals surface area (Å²) in [6.45, 7) is 3.06. The highest BCUT2D eigenvalue weighted by Crippen LogP contribution is 2.12. The third kappa shape index (κ3) is 6.15. The number of nitrogens with zero attached hydrogens (tertiary/aromatic N) is 2. The molecular formula is C17H25FN2O3. The van der Waals surface area contributed by atoms with E-state index in [1.807, 2.05) is 0 Å². The lowest BCUT2D eigenvalue weighted by atomic mass is 10.1. The summed E-state index contributed by atoms with van der Waals surface area (Å²) in [5, 5.41) is 9.47. The van der Waals surface area contributed by atoms with Crippen LogP contribution in [0.15, 0.2) is 24.3 Å². The van der Waals surface area contributed by atoms with Crippen molar-refractivity contribution in [2.24, 2.45) is 0 Å². The fourth-order valence-electron chi connectivity index (χ4n) is 2.54. The standard InChI is InChI=1S/C17H25FN2O3/c1-19(17(22)13-20-10-7-15(21)8-11-20)9-2-12-23-16-5-3-14(18)4-6-16/h3-6,15,21H,2,7-13H2,1H3. The van der Waals surface area contributed by atoms with E-state index in [1.54, 1.807) is 24.1 Å². The molecule has 1 aliphatic rings. The summed E-state index contributed by atoms with van der Waals surface area (Å²) in [5.41, 5.74) is 0. The molecule has 1 aliphatic heterocycles. The van der Waals surface area contributed by atoms with E-state index in [-0.39, 0.29) is 17.8 Å². The molecule has 0 aromatic heterocycles. The zero-order chi connectivity index (χ0) is 16.7. The van der Waals surface area contributed by atoms with E-state index >= 15 is 0 Å². The van der Waals surface area contributed by atoms with Crippen LogP contribution in [0.3, 0.4) is 0 Å². The summed E-state index contributed by atoms with van der Waals surface area (Å²) >= 11 is 0. The number of hydrogen-bond acceptors (Lipinski definition) is 4. The van der Waals surface area contributed by atoms with Crippen LogP contribution in [0.25, 0.3) is 0 Å². The van der Waals surface area contributed by atoms with Crippen molar-refractivity contribution < 1.29 is 19.0 Å². The summed E-state index contributed by atoms with van der Waals surface area (Å²) in [5.74, 6) is 0.434. The van der Waals surface area contributed by atoms with Gasteiger partial charge in [0.05, 0.1) is 19.3 Å². The van der Waals surface area contributed by atoms with Crippen molar-refractivity contribution in [3.63, 3.8) is 0 Å². The quantitative estimate of drug-likeness (QED) is 0.773. The van der Waals surface area contributed by atoms with Crippen molar-refractivity contribution in [2.75, 3.05) is 39.8 Å². The highest BCUT2D eigenvalue weighted by atomic mass is 19.1. The largest absolute Gasteiger partial charge is 0.494 e. The van der Waals surface area contributed by atoms with E-state index < -0.39 is 0 Å². The van der Waals surface area contributed by atoms with Gasteiger partial charge in [0.15, 0.2) is 0 Å². The van der Waals surface area contributed by atoms with Crippen LogP contribution in [0, 0.1) is 5.82 Å². The van der Waals surface area contributed by atoms with E-state index in [9.17, 15) is 14.3 Å². The number of aliphatic hydroxyl groups is 1. The number of ether oxygens (including phenoxy) is 1. The van der Waals surface area contributed by atoms with Crippen LogP contribution in [0.2, 0.25) is 0 Å². The summed E-state index contributed by atoms with van der Waals surface area (Å²) in [4.78, 5) is 15.9. The molecule has 0 aliphatic carbocycles. The smallest absolute Gasteiger partial charge is 0.236 e. The van der Waals surface area contributed by atoms with Crippen LogP contribution < -0.4 is 4.74 Å². The van der Waals surface area contributed by atoms with Gasteiger partial charge in [0, 0.05) is 26.7 Å². The zero-order valence-electron chi connectivity index (χ0n) is 13.6. The molecular weight excluding hydrogens is 299 g/mol. The minimum Gasteiger partial charge on any atom is -0.494 e. The van der Waals surface area contributed by atoms with Gasteiger partial charge in [0.1, 0.15) is 11.6 Å². The van der Waals surface area contributed by atoms with Gasteiger partial charge in [0.25, 0.3) is 0 Å². The predicted octanol–water partition coefficient (Wildman–Crippen LogP) is 1.51. The van der Waals surface area contributed by atoms with Gasteiger partial charge < -0.3 is 14.7 Å². The minimum atomic E-state index is -0.284. The molecule has 6 heteroatoms. The Labute approximate surface area is 136 Å². The fraction of sp³-hybridized carbons (Fsp3) is 0.588. The van der Waals surface area contributed by atoms with Crippen molar-refractivity contribution in [2.45, 2.75) is 25.4 Å². The number of benzene rings is 1. The van der Waals surface area contributed by atoms with E-state index in [4.69, 9.17) is 4.74 Å². The van der Waals surface area contributed by atoms with E-state index in [2.05, 4.69) is 4.90 Å². The molecule has 23 heavy (non-hydrogen) atoms. The van der Waals surface area contributed by atoms with E-state index in [1.165, 1.54) is 12.1 Å². The highest BCUT2D eigenvalue weighted by Gasteiger charge is 2.20. The molecule has 5 nitrogen and oxygen atoms in total. The van der Waals surface area contributed by atoms with Crippen LogP contribution in [0.4, 0.5) is 4.39 Å². The van der Waals surface area contributed by atoms with Gasteiger partial charge in [-0.25, -0.2) is 4.39 Å². The molecule has 1 N–H and O–H groups in total. The Morgan fingerprint density at radius 2 is 2.00 bits per heavy atom. The van der Waals surface area contributed by atoms with E-state index in [0.717, 1.165) is 32.4 Å². The Balaban J connectivity index is 1.61. The maximum absolute atomic E-state index is 12.8. The Morgan fingerprint density at radius 1 is 1.35 bits per heavy atom. The first-order chi connectivity index (χ1) is 11.0. The molecule has 0 atom stereocenters. The number of hydrogen-bond donors (Lipinski definition) is 1. The van der Waals surface area contributed by atoms with Crippen molar-refractivity contribution in [3.05, 3.63) is 30.1 Å². The Hall–Kier alpha value is -1.66. The first-order valence-corrected chi connectivity index (χ1v) is 8.07. The number of amides is 1. The van der Waals surface area contributed by atoms with Gasteiger partial charge >= 0.3 is 0 Å². The number of likely N-dealkylation sites (N-methyl/N-ethyl adjacent to an activating group) is 1. The zero-order valence-corrected chi connectivity index (χ0v) is 13.6. The number of piperidine rings is 1. The predicted molar refractivity (Wildman–Crippen MR) is 85.8 cm³/mol. The summed E-state index contributed by atoms with van der Waals surface area (Å²) < 4.78 is 18.3. The first-order valence-electron chi connectivity index (χ1n) is 8.07. The third-order valence-electron chi connectivity index (χ3n) is 4.06. The molecule has 128 valence electrons. The molecule has 1 fully saturated rings. The number of rotatable bonds is 7. The van der Waals surface area contributed by atoms with Gasteiger partial charge in [-0.2, -0.15) is 0 Å². The molecule has 0 saturated carbocycles. The molecule has 1 aromatic carbocycles. The summed E-state index contributed by atoms with van der Waals surface area (Å²) in [6.07, 6.45) is 1.98. The summed E-state index contributed by atoms with van der Waals surface area (Å²) in [7, 11) is 1.79. The van der Waals surface area contributed by atoms with Crippen LogP contribution in [0.5, 0.6) is 5.75 Å². The average molecular weight is 324 g/mol. The topological polar surface area (TPSA) is 53.0 Å². The lowest BCUT2D eigenvalue weighted by Crippen LogP contribution is -2.43. The Kier molecular flexibility index (Phi) is 6.80. The molecule has 0 radical (unpaired) electrons. The van der Waals surface area contributed by atoms with Crippen molar-refractivity contribution in [1.82, 2.24) is 9.80 Å². The van der Waals surface area contributed by atoms with Crippen molar-refractivity contribution >= 4 is 5.91 Å². The Morgan fingerprint density at radius 3 is 2.65 bits per heavy atom.